The lowest BCUT2D eigenvalue weighted by atomic mass is 10.2. The van der Waals surface area contributed by atoms with Crippen LogP contribution in [0.2, 0.25) is 0 Å². The fourth-order valence-corrected chi connectivity index (χ4v) is 0.740. The Bertz CT molecular complexity index is 200. The lowest BCUT2D eigenvalue weighted by Gasteiger charge is -2.31. The van der Waals surface area contributed by atoms with E-state index in [1.807, 2.05) is 6.92 Å². The number of carbonyl (C=O) groups excluding carboxylic acids is 1. The highest BCUT2D eigenvalue weighted by Crippen LogP contribution is 2.18. The second-order valence-corrected chi connectivity index (χ2v) is 3.01. The molecule has 0 aliphatic carbocycles. The maximum atomic E-state index is 10.9. The first-order valence-corrected chi connectivity index (χ1v) is 4.46. The van der Waals surface area contributed by atoms with E-state index in [-0.39, 0.29) is 0 Å². The first kappa shape index (κ1) is 13.1. The maximum Gasteiger partial charge on any atom is 0.332 e. The smallest absolute Gasteiger partial charge is 0.332 e. The lowest BCUT2D eigenvalue weighted by molar-refractivity contribution is -0.250. The molecule has 0 aromatic rings. The van der Waals surface area contributed by atoms with E-state index in [0.29, 0.717) is 6.61 Å². The van der Waals surface area contributed by atoms with Crippen molar-refractivity contribution in [3.63, 3.8) is 0 Å². The van der Waals surface area contributed by atoms with Gasteiger partial charge in [0.2, 0.25) is 5.79 Å². The van der Waals surface area contributed by atoms with E-state index in [4.69, 9.17) is 9.47 Å². The zero-order valence-corrected chi connectivity index (χ0v) is 8.66. The van der Waals surface area contributed by atoms with E-state index in [2.05, 4.69) is 13.5 Å². The van der Waals surface area contributed by atoms with Crippen LogP contribution in [-0.4, -0.2) is 29.6 Å². The summed E-state index contributed by atoms with van der Waals surface area (Å²) in [6.07, 6.45) is 0.627. The molecule has 0 saturated carbocycles. The molecule has 1 radical (unpaired) electrons. The summed E-state index contributed by atoms with van der Waals surface area (Å²) < 4.78 is 10.1. The first-order valence-electron chi connectivity index (χ1n) is 4.46. The molecule has 0 aliphatic heterocycles. The molecule has 1 N–H and O–H groups in total. The van der Waals surface area contributed by atoms with Crippen LogP contribution in [0.3, 0.4) is 0 Å². The predicted octanol–water partition coefficient (Wildman–Crippen LogP) is 1.05. The third-order valence-electron chi connectivity index (χ3n) is 1.67. The van der Waals surface area contributed by atoms with Crippen molar-refractivity contribution in [2.24, 2.45) is 0 Å². The van der Waals surface area contributed by atoms with Crippen molar-refractivity contribution in [3.05, 3.63) is 19.6 Å². The van der Waals surface area contributed by atoms with Crippen LogP contribution in [0.25, 0.3) is 0 Å². The molecule has 0 aromatic heterocycles. The molecule has 0 fully saturated rings. The Morgan fingerprint density at radius 3 is 2.64 bits per heavy atom. The van der Waals surface area contributed by atoms with Gasteiger partial charge in [-0.25, -0.2) is 4.79 Å². The third-order valence-corrected chi connectivity index (χ3v) is 1.67. The largest absolute Gasteiger partial charge is 0.427 e. The van der Waals surface area contributed by atoms with Gasteiger partial charge in [0.25, 0.3) is 0 Å². The van der Waals surface area contributed by atoms with Gasteiger partial charge in [-0.05, 0) is 13.3 Å². The molecule has 2 atom stereocenters. The number of aliphatic hydroxyl groups excluding tert-OH is 1. The summed E-state index contributed by atoms with van der Waals surface area (Å²) in [5.41, 5.74) is 0. The minimum absolute atomic E-state index is 0.382. The molecule has 0 saturated heterocycles. The van der Waals surface area contributed by atoms with E-state index in [1.165, 1.54) is 6.92 Å². The zero-order valence-electron chi connectivity index (χ0n) is 8.66. The van der Waals surface area contributed by atoms with E-state index in [9.17, 15) is 9.90 Å². The number of carbonyl (C=O) groups is 1. The number of hydrogen-bond donors (Lipinski definition) is 1. The lowest BCUT2D eigenvalue weighted by Crippen LogP contribution is -2.44. The fourth-order valence-electron chi connectivity index (χ4n) is 0.740. The monoisotopic (exact) mass is 201 g/mol. The molecule has 14 heavy (non-hydrogen) atoms. The van der Waals surface area contributed by atoms with Gasteiger partial charge < -0.3 is 14.6 Å². The summed E-state index contributed by atoms with van der Waals surface area (Å²) >= 11 is 0. The molecule has 4 nitrogen and oxygen atoms in total. The molecular formula is C10H17O4. The van der Waals surface area contributed by atoms with Crippen molar-refractivity contribution < 1.29 is 19.4 Å². The van der Waals surface area contributed by atoms with Gasteiger partial charge in [0, 0.05) is 13.0 Å². The molecule has 0 amide bonds. The van der Waals surface area contributed by atoms with Gasteiger partial charge in [-0.3, -0.25) is 0 Å². The highest BCUT2D eigenvalue weighted by molar-refractivity contribution is 5.81. The average molecular weight is 201 g/mol. The maximum absolute atomic E-state index is 10.9. The van der Waals surface area contributed by atoms with E-state index in [1.54, 1.807) is 0 Å². The van der Waals surface area contributed by atoms with Gasteiger partial charge in [0.15, 0.2) is 0 Å². The Balaban J connectivity index is 4.38. The first-order chi connectivity index (χ1) is 6.46. The number of ether oxygens (including phenoxy) is 2. The molecule has 0 bridgehead atoms. The fraction of sp³-hybridized carbons (Fsp3) is 0.600. The standard InChI is InChI=1S/C10H17O4/c1-5-7-13-10(4,8(3)11)14-9(12)6-2/h6,8,11H,2-3,5,7H2,1,4H3. The third kappa shape index (κ3) is 3.89. The van der Waals surface area contributed by atoms with Crippen LogP contribution in [-0.2, 0) is 14.3 Å². The van der Waals surface area contributed by atoms with Crippen molar-refractivity contribution in [1.29, 1.82) is 0 Å². The van der Waals surface area contributed by atoms with E-state index < -0.39 is 17.9 Å². The van der Waals surface area contributed by atoms with Crippen LogP contribution in [0.4, 0.5) is 0 Å². The normalized spacial score (nSPS) is 16.9. The van der Waals surface area contributed by atoms with Crippen molar-refractivity contribution in [1.82, 2.24) is 0 Å². The van der Waals surface area contributed by atoms with E-state index in [0.717, 1.165) is 12.5 Å². The Hall–Kier alpha value is -0.870. The van der Waals surface area contributed by atoms with Gasteiger partial charge in [0.05, 0.1) is 6.61 Å². The zero-order chi connectivity index (χ0) is 11.2. The SMILES string of the molecule is [CH2]C(O)C(C)(OCCC)OC(=O)C=C. The number of hydrogen-bond acceptors (Lipinski definition) is 4. The molecular weight excluding hydrogens is 184 g/mol. The van der Waals surface area contributed by atoms with Crippen LogP contribution in [0.1, 0.15) is 20.3 Å². The Labute approximate surface area is 84.5 Å². The van der Waals surface area contributed by atoms with Crippen LogP contribution >= 0.6 is 0 Å². The molecule has 0 aliphatic rings. The summed E-state index contributed by atoms with van der Waals surface area (Å²) in [6, 6.07) is 0. The summed E-state index contributed by atoms with van der Waals surface area (Å²) in [4.78, 5) is 10.9. The second kappa shape index (κ2) is 5.78. The van der Waals surface area contributed by atoms with Gasteiger partial charge in [0.1, 0.15) is 6.10 Å². The average Bonchev–Trinajstić information content (AvgIpc) is 2.14. The van der Waals surface area contributed by atoms with Gasteiger partial charge in [-0.2, -0.15) is 0 Å². The highest BCUT2D eigenvalue weighted by atomic mass is 16.7. The van der Waals surface area contributed by atoms with Crippen molar-refractivity contribution >= 4 is 5.97 Å². The van der Waals surface area contributed by atoms with Gasteiger partial charge in [-0.15, -0.1) is 0 Å². The van der Waals surface area contributed by atoms with Crippen LogP contribution < -0.4 is 0 Å². The quantitative estimate of drug-likeness (QED) is 0.396. The Morgan fingerprint density at radius 2 is 2.29 bits per heavy atom. The summed E-state index contributed by atoms with van der Waals surface area (Å²) in [5.74, 6) is -2.05. The molecule has 81 valence electrons. The van der Waals surface area contributed by atoms with Crippen molar-refractivity contribution in [3.8, 4) is 0 Å². The number of esters is 1. The van der Waals surface area contributed by atoms with Crippen LogP contribution in [0.15, 0.2) is 12.7 Å². The summed E-state index contributed by atoms with van der Waals surface area (Å²) in [7, 11) is 0. The second-order valence-electron chi connectivity index (χ2n) is 3.01. The summed E-state index contributed by atoms with van der Waals surface area (Å²) in [6.45, 7) is 10.4. The minimum Gasteiger partial charge on any atom is -0.427 e. The van der Waals surface area contributed by atoms with E-state index >= 15 is 0 Å². The molecule has 0 spiro atoms. The topological polar surface area (TPSA) is 55.8 Å². The highest BCUT2D eigenvalue weighted by Gasteiger charge is 2.34. The number of rotatable bonds is 6. The van der Waals surface area contributed by atoms with Crippen LogP contribution in [0.5, 0.6) is 0 Å². The predicted molar refractivity (Wildman–Crippen MR) is 52.3 cm³/mol. The molecule has 2 unspecified atom stereocenters. The number of aliphatic hydroxyl groups is 1. The molecule has 0 rings (SSSR count). The van der Waals surface area contributed by atoms with Crippen LogP contribution in [0, 0.1) is 6.92 Å². The van der Waals surface area contributed by atoms with Gasteiger partial charge in [-0.1, -0.05) is 13.5 Å². The Kier molecular flexibility index (Phi) is 5.42. The van der Waals surface area contributed by atoms with Gasteiger partial charge >= 0.3 is 5.97 Å². The summed E-state index contributed by atoms with van der Waals surface area (Å²) in [5, 5.41) is 9.29. The molecule has 0 aromatic carbocycles. The van der Waals surface area contributed by atoms with Crippen molar-refractivity contribution in [2.45, 2.75) is 32.2 Å². The minimum atomic E-state index is -1.40. The molecule has 0 heterocycles. The molecule has 4 heteroatoms. The van der Waals surface area contributed by atoms with Crippen molar-refractivity contribution in [2.75, 3.05) is 6.61 Å². The Morgan fingerprint density at radius 1 is 1.71 bits per heavy atom.